The van der Waals surface area contributed by atoms with Crippen LogP contribution in [0.5, 0.6) is 5.75 Å². The number of hydrogen-bond acceptors (Lipinski definition) is 6. The second kappa shape index (κ2) is 10.3. The van der Waals surface area contributed by atoms with E-state index in [1.54, 1.807) is 18.2 Å². The average molecular weight is 463 g/mol. The Morgan fingerprint density at radius 1 is 1.10 bits per heavy atom. The van der Waals surface area contributed by atoms with Gasteiger partial charge in [-0.3, -0.25) is 10.1 Å². The zero-order valence-corrected chi connectivity index (χ0v) is 18.4. The molecule has 0 unspecified atom stereocenters. The van der Waals surface area contributed by atoms with Gasteiger partial charge in [0.1, 0.15) is 11.4 Å². The summed E-state index contributed by atoms with van der Waals surface area (Å²) in [6.45, 7) is 2.31. The first kappa shape index (κ1) is 22.7. The molecular weight excluding hydrogens is 443 g/mol. The van der Waals surface area contributed by atoms with Gasteiger partial charge in [0.2, 0.25) is 11.8 Å². The van der Waals surface area contributed by atoms with E-state index in [-0.39, 0.29) is 39.5 Å². The van der Waals surface area contributed by atoms with Crippen molar-refractivity contribution in [3.8, 4) is 17.0 Å². The van der Waals surface area contributed by atoms with Crippen LogP contribution in [-0.2, 0) is 9.53 Å². The number of ether oxygens (including phenoxy) is 2. The monoisotopic (exact) mass is 462 g/mol. The number of halogens is 2. The van der Waals surface area contributed by atoms with Crippen molar-refractivity contribution in [2.24, 2.45) is 0 Å². The van der Waals surface area contributed by atoms with Crippen LogP contribution in [0.1, 0.15) is 28.8 Å². The summed E-state index contributed by atoms with van der Waals surface area (Å²) in [7, 11) is 1.21. The Bertz CT molecular complexity index is 1080. The second-order valence-corrected chi connectivity index (χ2v) is 7.40. The van der Waals surface area contributed by atoms with Crippen molar-refractivity contribution >= 4 is 41.0 Å². The van der Waals surface area contributed by atoms with Gasteiger partial charge in [-0.05, 0) is 37.1 Å². The van der Waals surface area contributed by atoms with Gasteiger partial charge in [0, 0.05) is 12.0 Å². The third-order valence-corrected chi connectivity index (χ3v) is 5.06. The maximum atomic E-state index is 12.4. The van der Waals surface area contributed by atoms with E-state index in [0.29, 0.717) is 18.6 Å². The Hall–Kier alpha value is -3.03. The van der Waals surface area contributed by atoms with Crippen molar-refractivity contribution in [3.63, 3.8) is 0 Å². The lowest BCUT2D eigenvalue weighted by Crippen LogP contribution is -2.15. The molecule has 2 aromatic carbocycles. The lowest BCUT2D eigenvalue weighted by molar-refractivity contribution is -0.116. The number of nitrogens with zero attached hydrogens (tertiary/aromatic N) is 1. The summed E-state index contributed by atoms with van der Waals surface area (Å²) in [4.78, 5) is 24.7. The van der Waals surface area contributed by atoms with Gasteiger partial charge in [0.05, 0.1) is 23.8 Å². The second-order valence-electron chi connectivity index (χ2n) is 6.59. The molecule has 0 saturated carbocycles. The largest absolute Gasteiger partial charge is 0.493 e. The third kappa shape index (κ3) is 5.37. The van der Waals surface area contributed by atoms with Gasteiger partial charge >= 0.3 is 5.97 Å². The normalized spacial score (nSPS) is 10.6. The van der Waals surface area contributed by atoms with E-state index in [9.17, 15) is 9.59 Å². The van der Waals surface area contributed by atoms with Crippen molar-refractivity contribution < 1.29 is 23.6 Å². The van der Waals surface area contributed by atoms with Crippen LogP contribution in [0.2, 0.25) is 10.0 Å². The molecule has 0 spiro atoms. The van der Waals surface area contributed by atoms with E-state index in [1.165, 1.54) is 7.11 Å². The van der Waals surface area contributed by atoms with Crippen LogP contribution in [0, 0.1) is 6.92 Å². The summed E-state index contributed by atoms with van der Waals surface area (Å²) < 4.78 is 15.7. The minimum absolute atomic E-state index is 0.0676. The molecule has 162 valence electrons. The molecule has 3 aromatic rings. The molecule has 0 aliphatic heterocycles. The first-order chi connectivity index (χ1) is 14.9. The van der Waals surface area contributed by atoms with Crippen LogP contribution in [0.4, 0.5) is 5.88 Å². The first-order valence-electron chi connectivity index (χ1n) is 9.43. The molecule has 0 fully saturated rings. The summed E-state index contributed by atoms with van der Waals surface area (Å²) in [5.41, 5.74) is 1.34. The van der Waals surface area contributed by atoms with E-state index in [2.05, 4.69) is 10.5 Å². The van der Waals surface area contributed by atoms with Gasteiger partial charge in [0.15, 0.2) is 5.56 Å². The molecule has 0 aliphatic rings. The number of anilines is 1. The van der Waals surface area contributed by atoms with Crippen molar-refractivity contribution in [3.05, 3.63) is 63.6 Å². The van der Waals surface area contributed by atoms with E-state index in [1.807, 2.05) is 31.2 Å². The molecule has 0 aliphatic carbocycles. The Morgan fingerprint density at radius 3 is 2.48 bits per heavy atom. The number of carbonyl (C=O) groups excluding carboxylic acids is 2. The summed E-state index contributed by atoms with van der Waals surface area (Å²) in [6.07, 6.45) is 0.612. The highest BCUT2D eigenvalue weighted by Crippen LogP contribution is 2.38. The minimum atomic E-state index is -0.745. The fourth-order valence-corrected chi connectivity index (χ4v) is 3.46. The molecule has 0 bridgehead atoms. The zero-order valence-electron chi connectivity index (χ0n) is 16.9. The molecule has 1 amide bonds. The smallest absolute Gasteiger partial charge is 0.345 e. The maximum Gasteiger partial charge on any atom is 0.345 e. The molecule has 1 heterocycles. The fraction of sp³-hybridized carbons (Fsp3) is 0.227. The minimum Gasteiger partial charge on any atom is -0.493 e. The van der Waals surface area contributed by atoms with Crippen LogP contribution in [0.3, 0.4) is 0 Å². The maximum absolute atomic E-state index is 12.4. The SMILES string of the molecule is COC(=O)c1c(-c2c(Cl)cccc2Cl)noc1NC(=O)CCCOc1ccccc1C. The number of nitrogens with one attached hydrogen (secondary N) is 1. The van der Waals surface area contributed by atoms with Gasteiger partial charge in [-0.1, -0.05) is 52.6 Å². The number of hydrogen-bond donors (Lipinski definition) is 1. The molecule has 1 N–H and O–H groups in total. The molecular formula is C22H20Cl2N2O5. The fourth-order valence-electron chi connectivity index (χ4n) is 2.88. The Morgan fingerprint density at radius 2 is 1.81 bits per heavy atom. The Balaban J connectivity index is 1.70. The first-order valence-corrected chi connectivity index (χ1v) is 10.2. The standard InChI is InChI=1S/C22H20Cl2N2O5/c1-13-7-3-4-10-16(13)30-12-6-11-17(27)25-21-19(22(28)29-2)20(26-31-21)18-14(23)8-5-9-15(18)24/h3-5,7-10H,6,11-12H2,1-2H3,(H,25,27). The van der Waals surface area contributed by atoms with E-state index in [0.717, 1.165) is 11.3 Å². The van der Waals surface area contributed by atoms with E-state index in [4.69, 9.17) is 37.2 Å². The predicted octanol–water partition coefficient (Wildman–Crippen LogP) is 5.54. The van der Waals surface area contributed by atoms with E-state index < -0.39 is 5.97 Å². The van der Waals surface area contributed by atoms with Crippen LogP contribution < -0.4 is 10.1 Å². The average Bonchev–Trinajstić information content (AvgIpc) is 3.14. The van der Waals surface area contributed by atoms with Crippen molar-refractivity contribution in [1.29, 1.82) is 0 Å². The van der Waals surface area contributed by atoms with Crippen molar-refractivity contribution in [1.82, 2.24) is 5.16 Å². The van der Waals surface area contributed by atoms with Gasteiger partial charge < -0.3 is 14.0 Å². The molecule has 3 rings (SSSR count). The van der Waals surface area contributed by atoms with Crippen LogP contribution in [0.15, 0.2) is 47.0 Å². The Labute approximate surface area is 189 Å². The predicted molar refractivity (Wildman–Crippen MR) is 118 cm³/mol. The summed E-state index contributed by atoms with van der Waals surface area (Å²) in [6, 6.07) is 12.5. The number of aromatic nitrogens is 1. The highest BCUT2D eigenvalue weighted by atomic mass is 35.5. The highest BCUT2D eigenvalue weighted by Gasteiger charge is 2.28. The molecule has 1 aromatic heterocycles. The number of methoxy groups -OCH3 is 1. The van der Waals surface area contributed by atoms with Gasteiger partial charge in [-0.2, -0.15) is 0 Å². The van der Waals surface area contributed by atoms with Crippen LogP contribution in [-0.4, -0.2) is 30.7 Å². The quantitative estimate of drug-likeness (QED) is 0.349. The molecule has 0 saturated heterocycles. The molecule has 9 heteroatoms. The summed E-state index contributed by atoms with van der Waals surface area (Å²) in [5.74, 6) is -0.480. The highest BCUT2D eigenvalue weighted by molar-refractivity contribution is 6.39. The molecule has 7 nitrogen and oxygen atoms in total. The number of aryl methyl sites for hydroxylation is 1. The van der Waals surface area contributed by atoms with Crippen molar-refractivity contribution in [2.75, 3.05) is 19.0 Å². The van der Waals surface area contributed by atoms with Gasteiger partial charge in [0.25, 0.3) is 0 Å². The molecule has 31 heavy (non-hydrogen) atoms. The van der Waals surface area contributed by atoms with Crippen LogP contribution >= 0.6 is 23.2 Å². The lowest BCUT2D eigenvalue weighted by atomic mass is 10.1. The van der Waals surface area contributed by atoms with Crippen LogP contribution in [0.25, 0.3) is 11.3 Å². The summed E-state index contributed by atoms with van der Waals surface area (Å²) in [5, 5.41) is 7.00. The van der Waals surface area contributed by atoms with Gasteiger partial charge in [-0.15, -0.1) is 0 Å². The number of carbonyl (C=O) groups is 2. The molecule has 0 radical (unpaired) electrons. The third-order valence-electron chi connectivity index (χ3n) is 4.43. The Kier molecular flexibility index (Phi) is 7.55. The van der Waals surface area contributed by atoms with Gasteiger partial charge in [-0.25, -0.2) is 4.79 Å². The van der Waals surface area contributed by atoms with E-state index >= 15 is 0 Å². The number of para-hydroxylation sites is 1. The topological polar surface area (TPSA) is 90.7 Å². The number of rotatable bonds is 8. The number of amides is 1. The molecule has 0 atom stereocenters. The number of benzene rings is 2. The summed E-state index contributed by atoms with van der Waals surface area (Å²) >= 11 is 12.5. The lowest BCUT2D eigenvalue weighted by Gasteiger charge is -2.09. The number of esters is 1. The zero-order chi connectivity index (χ0) is 22.4. The van der Waals surface area contributed by atoms with Crippen molar-refractivity contribution in [2.45, 2.75) is 19.8 Å².